The van der Waals surface area contributed by atoms with Crippen molar-refractivity contribution < 1.29 is 0 Å². The van der Waals surface area contributed by atoms with Crippen LogP contribution in [0, 0.1) is 5.92 Å². The van der Waals surface area contributed by atoms with Gasteiger partial charge in [0.25, 0.3) is 0 Å². The van der Waals surface area contributed by atoms with E-state index in [1.54, 1.807) is 0 Å². The minimum Gasteiger partial charge on any atom is -0.313 e. The average Bonchev–Trinajstić information content (AvgIpc) is 3.18. The molecule has 0 radical (unpaired) electrons. The highest BCUT2D eigenvalue weighted by atomic mass is 79.9. The largest absolute Gasteiger partial charge is 0.313 e. The third-order valence-electron chi connectivity index (χ3n) is 3.91. The zero-order chi connectivity index (χ0) is 13.7. The average molecular weight is 324 g/mol. The van der Waals surface area contributed by atoms with Crippen LogP contribution in [-0.2, 0) is 0 Å². The molecule has 106 valence electrons. The molecule has 2 heteroatoms. The second-order valence-corrected chi connectivity index (χ2v) is 7.08. The van der Waals surface area contributed by atoms with Gasteiger partial charge in [-0.25, -0.2) is 0 Å². The standard InChI is InChI=1S/C17H26BrN/c1-13(2)6-5-7-14(12-19-15-10-11-15)16-8-3-4-9-17(16)18/h3-4,8-9,13-15,19H,5-7,10-12H2,1-2H3. The van der Waals surface area contributed by atoms with Gasteiger partial charge in [-0.3, -0.25) is 0 Å². The highest BCUT2D eigenvalue weighted by Crippen LogP contribution is 2.30. The summed E-state index contributed by atoms with van der Waals surface area (Å²) in [7, 11) is 0. The van der Waals surface area contributed by atoms with Crippen LogP contribution in [0.25, 0.3) is 0 Å². The van der Waals surface area contributed by atoms with Gasteiger partial charge < -0.3 is 5.32 Å². The summed E-state index contributed by atoms with van der Waals surface area (Å²) in [5.74, 6) is 1.46. The van der Waals surface area contributed by atoms with Crippen molar-refractivity contribution in [2.75, 3.05) is 6.54 Å². The molecule has 1 aliphatic rings. The molecule has 0 amide bonds. The van der Waals surface area contributed by atoms with Gasteiger partial charge in [-0.2, -0.15) is 0 Å². The van der Waals surface area contributed by atoms with Crippen LogP contribution in [0.1, 0.15) is 57.4 Å². The van der Waals surface area contributed by atoms with Crippen molar-refractivity contribution >= 4 is 15.9 Å². The first-order valence-electron chi connectivity index (χ1n) is 7.64. The van der Waals surface area contributed by atoms with E-state index in [2.05, 4.69) is 59.4 Å². The molecule has 2 rings (SSSR count). The molecular weight excluding hydrogens is 298 g/mol. The number of hydrogen-bond acceptors (Lipinski definition) is 1. The normalized spacial score (nSPS) is 16.8. The Balaban J connectivity index is 1.93. The van der Waals surface area contributed by atoms with E-state index in [-0.39, 0.29) is 0 Å². The molecule has 1 atom stereocenters. The van der Waals surface area contributed by atoms with Gasteiger partial charge in [0.05, 0.1) is 0 Å². The maximum absolute atomic E-state index is 3.71. The smallest absolute Gasteiger partial charge is 0.0210 e. The summed E-state index contributed by atoms with van der Waals surface area (Å²) in [6, 6.07) is 9.51. The van der Waals surface area contributed by atoms with Crippen molar-refractivity contribution in [3.8, 4) is 0 Å². The number of rotatable bonds is 8. The van der Waals surface area contributed by atoms with E-state index in [1.165, 1.54) is 42.1 Å². The first-order chi connectivity index (χ1) is 9.16. The topological polar surface area (TPSA) is 12.0 Å². The summed E-state index contributed by atoms with van der Waals surface area (Å²) in [4.78, 5) is 0. The molecular formula is C17H26BrN. The molecule has 0 bridgehead atoms. The Morgan fingerprint density at radius 3 is 2.58 bits per heavy atom. The highest BCUT2D eigenvalue weighted by Gasteiger charge is 2.23. The molecule has 0 aromatic heterocycles. The van der Waals surface area contributed by atoms with Crippen molar-refractivity contribution in [2.24, 2.45) is 5.92 Å². The van der Waals surface area contributed by atoms with Crippen LogP contribution in [0.3, 0.4) is 0 Å². The molecule has 0 aliphatic heterocycles. The monoisotopic (exact) mass is 323 g/mol. The molecule has 1 N–H and O–H groups in total. The summed E-state index contributed by atoms with van der Waals surface area (Å²) in [6.07, 6.45) is 6.70. The Bertz CT molecular complexity index is 385. The van der Waals surface area contributed by atoms with Gasteiger partial charge in [0, 0.05) is 17.1 Å². The van der Waals surface area contributed by atoms with E-state index in [1.807, 2.05) is 0 Å². The van der Waals surface area contributed by atoms with Gasteiger partial charge >= 0.3 is 0 Å². The summed E-state index contributed by atoms with van der Waals surface area (Å²) in [5, 5.41) is 3.70. The van der Waals surface area contributed by atoms with Crippen molar-refractivity contribution in [3.63, 3.8) is 0 Å². The fourth-order valence-corrected chi connectivity index (χ4v) is 3.15. The van der Waals surface area contributed by atoms with Gasteiger partial charge in [0.1, 0.15) is 0 Å². The van der Waals surface area contributed by atoms with Crippen molar-refractivity contribution in [1.82, 2.24) is 5.32 Å². The fourth-order valence-electron chi connectivity index (χ4n) is 2.54. The van der Waals surface area contributed by atoms with Crippen LogP contribution in [0.15, 0.2) is 28.7 Å². The zero-order valence-electron chi connectivity index (χ0n) is 12.2. The third-order valence-corrected chi connectivity index (χ3v) is 4.63. The molecule has 1 aromatic carbocycles. The van der Waals surface area contributed by atoms with E-state index in [4.69, 9.17) is 0 Å². The van der Waals surface area contributed by atoms with Crippen molar-refractivity contribution in [2.45, 2.75) is 57.9 Å². The number of hydrogen-bond donors (Lipinski definition) is 1. The lowest BCUT2D eigenvalue weighted by Crippen LogP contribution is -2.24. The maximum atomic E-state index is 3.71. The molecule has 1 fully saturated rings. The lowest BCUT2D eigenvalue weighted by atomic mass is 9.92. The Morgan fingerprint density at radius 1 is 1.21 bits per heavy atom. The number of nitrogens with one attached hydrogen (secondary N) is 1. The van der Waals surface area contributed by atoms with E-state index >= 15 is 0 Å². The van der Waals surface area contributed by atoms with E-state index < -0.39 is 0 Å². The molecule has 0 heterocycles. The molecule has 1 aliphatic carbocycles. The Morgan fingerprint density at radius 2 is 1.95 bits per heavy atom. The van der Waals surface area contributed by atoms with Crippen molar-refractivity contribution in [1.29, 1.82) is 0 Å². The van der Waals surface area contributed by atoms with Gasteiger partial charge in [0.15, 0.2) is 0 Å². The lowest BCUT2D eigenvalue weighted by Gasteiger charge is -2.20. The Labute approximate surface area is 126 Å². The predicted octanol–water partition coefficient (Wildman–Crippen LogP) is 5.11. The second kappa shape index (κ2) is 7.44. The Kier molecular flexibility index (Phi) is 5.90. The first kappa shape index (κ1) is 15.1. The second-order valence-electron chi connectivity index (χ2n) is 6.23. The van der Waals surface area contributed by atoms with Crippen LogP contribution < -0.4 is 5.32 Å². The molecule has 0 saturated heterocycles. The van der Waals surface area contributed by atoms with Gasteiger partial charge in [-0.05, 0) is 42.7 Å². The van der Waals surface area contributed by atoms with Gasteiger partial charge in [-0.15, -0.1) is 0 Å². The molecule has 1 saturated carbocycles. The van der Waals surface area contributed by atoms with Crippen molar-refractivity contribution in [3.05, 3.63) is 34.3 Å². The summed E-state index contributed by atoms with van der Waals surface area (Å²) >= 11 is 3.71. The van der Waals surface area contributed by atoms with Crippen LogP contribution in [0.2, 0.25) is 0 Å². The molecule has 19 heavy (non-hydrogen) atoms. The van der Waals surface area contributed by atoms with Crippen LogP contribution in [0.5, 0.6) is 0 Å². The minimum atomic E-state index is 0.648. The summed E-state index contributed by atoms with van der Waals surface area (Å²) in [5.41, 5.74) is 1.47. The van der Waals surface area contributed by atoms with E-state index in [0.717, 1.165) is 18.5 Å². The SMILES string of the molecule is CC(C)CCCC(CNC1CC1)c1ccccc1Br. The quantitative estimate of drug-likeness (QED) is 0.700. The third kappa shape index (κ3) is 5.27. The molecule has 0 spiro atoms. The predicted molar refractivity (Wildman–Crippen MR) is 86.6 cm³/mol. The van der Waals surface area contributed by atoms with Crippen LogP contribution in [-0.4, -0.2) is 12.6 Å². The molecule has 1 nitrogen and oxygen atoms in total. The number of benzene rings is 1. The molecule has 1 unspecified atom stereocenters. The van der Waals surface area contributed by atoms with Crippen LogP contribution in [0.4, 0.5) is 0 Å². The lowest BCUT2D eigenvalue weighted by molar-refractivity contribution is 0.478. The summed E-state index contributed by atoms with van der Waals surface area (Å²) in [6.45, 7) is 5.76. The molecule has 1 aromatic rings. The van der Waals surface area contributed by atoms with Crippen LogP contribution >= 0.6 is 15.9 Å². The zero-order valence-corrected chi connectivity index (χ0v) is 13.7. The van der Waals surface area contributed by atoms with E-state index in [9.17, 15) is 0 Å². The van der Waals surface area contributed by atoms with Gasteiger partial charge in [-0.1, -0.05) is 60.8 Å². The minimum absolute atomic E-state index is 0.648. The number of halogens is 1. The summed E-state index contributed by atoms with van der Waals surface area (Å²) < 4.78 is 1.27. The highest BCUT2D eigenvalue weighted by molar-refractivity contribution is 9.10. The first-order valence-corrected chi connectivity index (χ1v) is 8.44. The van der Waals surface area contributed by atoms with Gasteiger partial charge in [0.2, 0.25) is 0 Å². The fraction of sp³-hybridized carbons (Fsp3) is 0.647. The Hall–Kier alpha value is -0.340. The van der Waals surface area contributed by atoms with E-state index in [0.29, 0.717) is 5.92 Å². The maximum Gasteiger partial charge on any atom is 0.0210 e.